The van der Waals surface area contributed by atoms with Gasteiger partial charge < -0.3 is 9.88 Å². The van der Waals surface area contributed by atoms with Gasteiger partial charge in [0.15, 0.2) is 0 Å². The topological polar surface area (TPSA) is 81.8 Å². The van der Waals surface area contributed by atoms with Crippen molar-refractivity contribution < 1.29 is 9.18 Å². The van der Waals surface area contributed by atoms with E-state index in [1.807, 2.05) is 0 Å². The van der Waals surface area contributed by atoms with Crippen molar-refractivity contribution in [3.05, 3.63) is 82.0 Å². The average molecular weight is 341 g/mol. The number of imidazole rings is 1. The molecule has 1 N–H and O–H groups in total. The Balaban J connectivity index is 1.96. The Morgan fingerprint density at radius 1 is 1.16 bits per heavy atom. The van der Waals surface area contributed by atoms with E-state index in [1.165, 1.54) is 31.3 Å². The van der Waals surface area contributed by atoms with Crippen molar-refractivity contribution in [3.63, 3.8) is 0 Å². The fourth-order valence-corrected chi connectivity index (χ4v) is 2.44. The van der Waals surface area contributed by atoms with Gasteiger partial charge in [0.2, 0.25) is 0 Å². The zero-order chi connectivity index (χ0) is 18.0. The summed E-state index contributed by atoms with van der Waals surface area (Å²) in [7, 11) is 3.27. The molecule has 1 atom stereocenters. The molecule has 1 amide bonds. The molecule has 1 aromatic carbocycles. The van der Waals surface area contributed by atoms with Gasteiger partial charge in [0, 0.05) is 32.6 Å². The first kappa shape index (κ1) is 16.6. The van der Waals surface area contributed by atoms with Crippen LogP contribution in [0.2, 0.25) is 0 Å². The first-order chi connectivity index (χ1) is 12.0. The minimum absolute atomic E-state index is 0.100. The summed E-state index contributed by atoms with van der Waals surface area (Å²) in [5, 5.41) is 6.78. The number of amides is 1. The van der Waals surface area contributed by atoms with E-state index in [-0.39, 0.29) is 17.1 Å². The van der Waals surface area contributed by atoms with Crippen molar-refractivity contribution in [2.75, 3.05) is 0 Å². The fourth-order valence-electron chi connectivity index (χ4n) is 2.44. The van der Waals surface area contributed by atoms with Gasteiger partial charge >= 0.3 is 0 Å². The second-order valence-corrected chi connectivity index (χ2v) is 5.53. The Morgan fingerprint density at radius 2 is 1.88 bits per heavy atom. The van der Waals surface area contributed by atoms with Gasteiger partial charge in [0.05, 0.1) is 0 Å². The van der Waals surface area contributed by atoms with Gasteiger partial charge in [-0.2, -0.15) is 5.10 Å². The van der Waals surface area contributed by atoms with E-state index in [9.17, 15) is 14.0 Å². The summed E-state index contributed by atoms with van der Waals surface area (Å²) < 4.78 is 16.1. The molecular formula is C17H16FN5O2. The summed E-state index contributed by atoms with van der Waals surface area (Å²) in [5.74, 6) is -0.244. The van der Waals surface area contributed by atoms with Crippen molar-refractivity contribution in [3.8, 4) is 0 Å². The standard InChI is InChI=1S/C17H16FN5O2/c1-22-10-9-19-16(22)15(11-3-5-12(18)6-4-11)20-17(25)13-7-8-14(24)23(2)21-13/h3-10,15H,1-2H3,(H,20,25)/t15-/m0/s1. The largest absolute Gasteiger partial charge is 0.337 e. The molecule has 0 fully saturated rings. The lowest BCUT2D eigenvalue weighted by Crippen LogP contribution is -2.33. The molecule has 3 aromatic rings. The highest BCUT2D eigenvalue weighted by Gasteiger charge is 2.22. The number of hydrogen-bond acceptors (Lipinski definition) is 4. The summed E-state index contributed by atoms with van der Waals surface area (Å²) in [4.78, 5) is 28.3. The molecule has 0 aliphatic carbocycles. The van der Waals surface area contributed by atoms with Gasteiger partial charge in [-0.3, -0.25) is 9.59 Å². The minimum atomic E-state index is -0.591. The third kappa shape index (κ3) is 3.47. The molecule has 0 aliphatic rings. The highest BCUT2D eigenvalue weighted by atomic mass is 19.1. The smallest absolute Gasteiger partial charge is 0.272 e. The van der Waals surface area contributed by atoms with Gasteiger partial charge in [-0.25, -0.2) is 14.1 Å². The summed E-state index contributed by atoms with van der Waals surface area (Å²) in [6.45, 7) is 0. The maximum atomic E-state index is 13.2. The summed E-state index contributed by atoms with van der Waals surface area (Å²) in [5.41, 5.74) is 0.466. The number of halogens is 1. The monoisotopic (exact) mass is 341 g/mol. The number of hydrogen-bond donors (Lipinski definition) is 1. The molecule has 2 heterocycles. The number of aryl methyl sites for hydroxylation is 2. The SMILES string of the molecule is Cn1ccnc1[C@@H](NC(=O)c1ccc(=O)n(C)n1)c1ccc(F)cc1. The van der Waals surface area contributed by atoms with Gasteiger partial charge in [0.1, 0.15) is 23.4 Å². The van der Waals surface area contributed by atoms with Crippen LogP contribution in [0.4, 0.5) is 4.39 Å². The lowest BCUT2D eigenvalue weighted by Gasteiger charge is -2.19. The molecule has 0 unspecified atom stereocenters. The lowest BCUT2D eigenvalue weighted by molar-refractivity contribution is 0.0933. The number of carbonyl (C=O) groups is 1. The molecule has 0 spiro atoms. The van der Waals surface area contributed by atoms with E-state index in [2.05, 4.69) is 15.4 Å². The van der Waals surface area contributed by atoms with Crippen molar-refractivity contribution >= 4 is 5.91 Å². The third-order valence-electron chi connectivity index (χ3n) is 3.79. The maximum Gasteiger partial charge on any atom is 0.272 e. The van der Waals surface area contributed by atoms with E-state index in [0.717, 1.165) is 4.68 Å². The van der Waals surface area contributed by atoms with Crippen molar-refractivity contribution in [2.24, 2.45) is 14.1 Å². The molecule has 3 rings (SSSR count). The number of rotatable bonds is 4. The molecule has 0 aliphatic heterocycles. The highest BCUT2D eigenvalue weighted by Crippen LogP contribution is 2.21. The van der Waals surface area contributed by atoms with Crippen LogP contribution >= 0.6 is 0 Å². The Morgan fingerprint density at radius 3 is 2.48 bits per heavy atom. The van der Waals surface area contributed by atoms with Crippen LogP contribution in [-0.4, -0.2) is 25.2 Å². The second-order valence-electron chi connectivity index (χ2n) is 5.53. The Bertz CT molecular complexity index is 962. The molecule has 0 saturated heterocycles. The highest BCUT2D eigenvalue weighted by molar-refractivity contribution is 5.92. The van der Waals surface area contributed by atoms with E-state index in [1.54, 1.807) is 36.1 Å². The second kappa shape index (κ2) is 6.68. The predicted octanol–water partition coefficient (Wildman–Crippen LogP) is 1.17. The van der Waals surface area contributed by atoms with Crippen molar-refractivity contribution in [2.45, 2.75) is 6.04 Å². The first-order valence-corrected chi connectivity index (χ1v) is 7.53. The van der Waals surface area contributed by atoms with E-state index < -0.39 is 11.9 Å². The first-order valence-electron chi connectivity index (χ1n) is 7.53. The van der Waals surface area contributed by atoms with Crippen LogP contribution in [-0.2, 0) is 14.1 Å². The molecular weight excluding hydrogens is 325 g/mol. The molecule has 2 aromatic heterocycles. The van der Waals surface area contributed by atoms with Crippen LogP contribution in [0, 0.1) is 5.82 Å². The van der Waals surface area contributed by atoms with Gasteiger partial charge in [0.25, 0.3) is 11.5 Å². The summed E-state index contributed by atoms with van der Waals surface area (Å²) >= 11 is 0. The van der Waals surface area contributed by atoms with Gasteiger partial charge in [-0.05, 0) is 23.8 Å². The predicted molar refractivity (Wildman–Crippen MR) is 88.4 cm³/mol. The molecule has 0 radical (unpaired) electrons. The third-order valence-corrected chi connectivity index (χ3v) is 3.79. The van der Waals surface area contributed by atoms with Crippen LogP contribution in [0.5, 0.6) is 0 Å². The number of benzene rings is 1. The van der Waals surface area contributed by atoms with Crippen LogP contribution in [0.1, 0.15) is 27.9 Å². The molecule has 8 heteroatoms. The molecule has 25 heavy (non-hydrogen) atoms. The zero-order valence-corrected chi connectivity index (χ0v) is 13.7. The number of nitrogens with zero attached hydrogens (tertiary/aromatic N) is 4. The van der Waals surface area contributed by atoms with E-state index in [0.29, 0.717) is 11.4 Å². The summed E-state index contributed by atoms with van der Waals surface area (Å²) in [6.07, 6.45) is 3.37. The number of aromatic nitrogens is 4. The zero-order valence-electron chi connectivity index (χ0n) is 13.7. The van der Waals surface area contributed by atoms with E-state index >= 15 is 0 Å². The molecule has 7 nitrogen and oxygen atoms in total. The Hall–Kier alpha value is -3.29. The minimum Gasteiger partial charge on any atom is -0.337 e. The molecule has 128 valence electrons. The average Bonchev–Trinajstić information content (AvgIpc) is 3.01. The van der Waals surface area contributed by atoms with Gasteiger partial charge in [-0.1, -0.05) is 12.1 Å². The van der Waals surface area contributed by atoms with Crippen LogP contribution in [0.25, 0.3) is 0 Å². The lowest BCUT2D eigenvalue weighted by atomic mass is 10.1. The number of nitrogens with one attached hydrogen (secondary N) is 1. The van der Waals surface area contributed by atoms with Crippen LogP contribution < -0.4 is 10.9 Å². The maximum absolute atomic E-state index is 13.2. The Kier molecular flexibility index (Phi) is 4.42. The molecule has 0 saturated carbocycles. The molecule has 0 bridgehead atoms. The quantitative estimate of drug-likeness (QED) is 0.772. The van der Waals surface area contributed by atoms with Gasteiger partial charge in [-0.15, -0.1) is 0 Å². The normalized spacial score (nSPS) is 12.0. The van der Waals surface area contributed by atoms with E-state index in [4.69, 9.17) is 0 Å². The van der Waals surface area contributed by atoms with Crippen molar-refractivity contribution in [1.29, 1.82) is 0 Å². The fraction of sp³-hybridized carbons (Fsp3) is 0.176. The van der Waals surface area contributed by atoms with Crippen LogP contribution in [0.15, 0.2) is 53.6 Å². The Labute approximate surface area is 142 Å². The van der Waals surface area contributed by atoms with Crippen LogP contribution in [0.3, 0.4) is 0 Å². The number of carbonyl (C=O) groups excluding carboxylic acids is 1. The summed E-state index contributed by atoms with van der Waals surface area (Å²) in [6, 6.07) is 7.86. The van der Waals surface area contributed by atoms with Crippen molar-refractivity contribution in [1.82, 2.24) is 24.6 Å².